The third kappa shape index (κ3) is 5.19. The van der Waals surface area contributed by atoms with E-state index in [1.54, 1.807) is 13.0 Å². The number of esters is 1. The maximum atomic E-state index is 12.3. The molecule has 2 aromatic carbocycles. The first-order valence-electron chi connectivity index (χ1n) is 9.14. The molecule has 0 fully saturated rings. The summed E-state index contributed by atoms with van der Waals surface area (Å²) < 4.78 is 10.0. The zero-order valence-corrected chi connectivity index (χ0v) is 16.2. The van der Waals surface area contributed by atoms with Crippen molar-refractivity contribution >= 4 is 17.6 Å². The molecule has 148 valence electrons. The minimum atomic E-state index is -0.712. The summed E-state index contributed by atoms with van der Waals surface area (Å²) in [7, 11) is 0. The highest BCUT2D eigenvalue weighted by molar-refractivity contribution is 5.96. The van der Waals surface area contributed by atoms with Crippen molar-refractivity contribution in [3.63, 3.8) is 0 Å². The lowest BCUT2D eigenvalue weighted by Crippen LogP contribution is -2.22. The molecule has 1 aromatic heterocycles. The van der Waals surface area contributed by atoms with Crippen molar-refractivity contribution in [2.75, 3.05) is 11.9 Å². The van der Waals surface area contributed by atoms with Gasteiger partial charge in [0.15, 0.2) is 6.61 Å². The van der Waals surface area contributed by atoms with Gasteiger partial charge in [-0.25, -0.2) is 9.59 Å². The molecule has 0 atom stereocenters. The van der Waals surface area contributed by atoms with E-state index in [-0.39, 0.29) is 11.3 Å². The number of carbonyl (C=O) groups excluding carboxylic acids is 2. The van der Waals surface area contributed by atoms with Gasteiger partial charge in [0, 0.05) is 11.8 Å². The minimum Gasteiger partial charge on any atom is -0.452 e. The van der Waals surface area contributed by atoms with Crippen LogP contribution in [0.3, 0.4) is 0 Å². The average molecular weight is 391 g/mol. The van der Waals surface area contributed by atoms with Gasteiger partial charge in [0.1, 0.15) is 11.3 Å². The van der Waals surface area contributed by atoms with E-state index in [9.17, 15) is 14.4 Å². The number of rotatable bonds is 6. The maximum Gasteiger partial charge on any atom is 0.342 e. The molecule has 3 aromatic rings. The fourth-order valence-corrected chi connectivity index (χ4v) is 3.06. The summed E-state index contributed by atoms with van der Waals surface area (Å²) >= 11 is 0. The zero-order valence-electron chi connectivity index (χ0n) is 16.2. The molecule has 0 aliphatic rings. The quantitative estimate of drug-likeness (QED) is 0.649. The number of para-hydroxylation sites is 1. The van der Waals surface area contributed by atoms with Crippen LogP contribution < -0.4 is 10.9 Å². The van der Waals surface area contributed by atoms with Crippen LogP contribution in [0.5, 0.6) is 0 Å². The molecule has 6 nitrogen and oxygen atoms in total. The smallest absolute Gasteiger partial charge is 0.342 e. The monoisotopic (exact) mass is 391 g/mol. The second kappa shape index (κ2) is 9.01. The van der Waals surface area contributed by atoms with Crippen LogP contribution in [-0.2, 0) is 16.0 Å². The largest absolute Gasteiger partial charge is 0.452 e. The molecule has 0 bridgehead atoms. The number of carbonyl (C=O) groups is 2. The Morgan fingerprint density at radius 3 is 2.41 bits per heavy atom. The number of nitrogens with one attached hydrogen (secondary N) is 1. The normalized spacial score (nSPS) is 10.4. The van der Waals surface area contributed by atoms with Gasteiger partial charge in [-0.1, -0.05) is 48.5 Å². The third-order valence-electron chi connectivity index (χ3n) is 4.40. The lowest BCUT2D eigenvalue weighted by Gasteiger charge is -2.12. The molecule has 0 aliphatic carbocycles. The highest BCUT2D eigenvalue weighted by Gasteiger charge is 2.18. The van der Waals surface area contributed by atoms with Gasteiger partial charge in [0.05, 0.1) is 0 Å². The fourth-order valence-electron chi connectivity index (χ4n) is 3.06. The van der Waals surface area contributed by atoms with E-state index in [1.807, 2.05) is 48.5 Å². The maximum absolute atomic E-state index is 12.3. The lowest BCUT2D eigenvalue weighted by molar-refractivity contribution is -0.119. The number of hydrogen-bond donors (Lipinski definition) is 1. The third-order valence-corrected chi connectivity index (χ3v) is 4.40. The highest BCUT2D eigenvalue weighted by Crippen LogP contribution is 2.19. The van der Waals surface area contributed by atoms with Gasteiger partial charge < -0.3 is 14.5 Å². The molecular weight excluding hydrogens is 370 g/mol. The van der Waals surface area contributed by atoms with Gasteiger partial charge in [-0.2, -0.15) is 0 Å². The van der Waals surface area contributed by atoms with Crippen molar-refractivity contribution in [1.82, 2.24) is 0 Å². The van der Waals surface area contributed by atoms with Gasteiger partial charge in [-0.15, -0.1) is 0 Å². The highest BCUT2D eigenvalue weighted by atomic mass is 16.5. The van der Waals surface area contributed by atoms with Crippen molar-refractivity contribution in [2.24, 2.45) is 0 Å². The molecule has 0 spiro atoms. The van der Waals surface area contributed by atoms with Crippen LogP contribution >= 0.6 is 0 Å². The Morgan fingerprint density at radius 1 is 1.00 bits per heavy atom. The van der Waals surface area contributed by atoms with Gasteiger partial charge in [-0.3, -0.25) is 4.79 Å². The minimum absolute atomic E-state index is 0.155. The number of benzene rings is 2. The second-order valence-electron chi connectivity index (χ2n) is 6.62. The topological polar surface area (TPSA) is 85.6 Å². The molecule has 1 amide bonds. The van der Waals surface area contributed by atoms with Crippen molar-refractivity contribution in [1.29, 1.82) is 0 Å². The molecule has 0 unspecified atom stereocenters. The van der Waals surface area contributed by atoms with Gasteiger partial charge in [0.2, 0.25) is 0 Å². The van der Waals surface area contributed by atoms with Crippen LogP contribution in [-0.4, -0.2) is 18.5 Å². The van der Waals surface area contributed by atoms with Crippen LogP contribution in [0.25, 0.3) is 0 Å². The Hall–Kier alpha value is -3.67. The summed E-state index contributed by atoms with van der Waals surface area (Å²) in [6.45, 7) is 2.67. The Bertz CT molecular complexity index is 1060. The van der Waals surface area contributed by atoms with Gasteiger partial charge in [0.25, 0.3) is 5.91 Å². The Labute approximate surface area is 168 Å². The number of anilines is 1. The van der Waals surface area contributed by atoms with Gasteiger partial charge >= 0.3 is 11.6 Å². The SMILES string of the molecule is Cc1cc(=O)oc(C)c1C(=O)OCC(=O)Nc1ccccc1Cc1ccccc1. The first kappa shape index (κ1) is 20.1. The molecule has 0 aliphatic heterocycles. The summed E-state index contributed by atoms with van der Waals surface area (Å²) in [6, 6.07) is 18.6. The Kier molecular flexibility index (Phi) is 6.24. The Balaban J connectivity index is 1.65. The molecular formula is C23H21NO5. The summed E-state index contributed by atoms with van der Waals surface area (Å²) in [6.07, 6.45) is 0.665. The first-order valence-corrected chi connectivity index (χ1v) is 9.14. The van der Waals surface area contributed by atoms with Crippen LogP contribution in [0, 0.1) is 13.8 Å². The molecule has 6 heteroatoms. The molecule has 0 saturated heterocycles. The average Bonchev–Trinajstić information content (AvgIpc) is 2.68. The second-order valence-corrected chi connectivity index (χ2v) is 6.62. The van der Waals surface area contributed by atoms with Crippen LogP contribution in [0.1, 0.15) is 32.8 Å². The van der Waals surface area contributed by atoms with Crippen molar-refractivity contribution < 1.29 is 18.7 Å². The molecule has 0 radical (unpaired) electrons. The van der Waals surface area contributed by atoms with Crippen molar-refractivity contribution in [2.45, 2.75) is 20.3 Å². The van der Waals surface area contributed by atoms with E-state index in [2.05, 4.69) is 5.32 Å². The zero-order chi connectivity index (χ0) is 20.8. The van der Waals surface area contributed by atoms with Crippen molar-refractivity contribution in [3.05, 3.63) is 99.1 Å². The molecule has 29 heavy (non-hydrogen) atoms. The lowest BCUT2D eigenvalue weighted by atomic mass is 10.0. The first-order chi connectivity index (χ1) is 13.9. The number of aryl methyl sites for hydroxylation is 2. The van der Waals surface area contributed by atoms with Crippen LogP contribution in [0.2, 0.25) is 0 Å². The molecule has 0 saturated carbocycles. The van der Waals surface area contributed by atoms with E-state index >= 15 is 0 Å². The van der Waals surface area contributed by atoms with E-state index in [4.69, 9.17) is 9.15 Å². The molecule has 3 rings (SSSR count). The van der Waals surface area contributed by atoms with Crippen LogP contribution in [0.4, 0.5) is 5.69 Å². The van der Waals surface area contributed by atoms with E-state index < -0.39 is 24.1 Å². The summed E-state index contributed by atoms with van der Waals surface area (Å²) in [4.78, 5) is 35.9. The summed E-state index contributed by atoms with van der Waals surface area (Å²) in [5, 5.41) is 2.79. The molecule has 1 N–H and O–H groups in total. The van der Waals surface area contributed by atoms with Gasteiger partial charge in [-0.05, 0) is 43.0 Å². The number of hydrogen-bond acceptors (Lipinski definition) is 5. The fraction of sp³-hybridized carbons (Fsp3) is 0.174. The summed E-state index contributed by atoms with van der Waals surface area (Å²) in [5.41, 5.74) is 2.80. The van der Waals surface area contributed by atoms with E-state index in [1.165, 1.54) is 13.0 Å². The van der Waals surface area contributed by atoms with Crippen LogP contribution in [0.15, 0.2) is 69.9 Å². The predicted octanol–water partition coefficient (Wildman–Crippen LogP) is 3.64. The Morgan fingerprint density at radius 2 is 1.69 bits per heavy atom. The summed E-state index contributed by atoms with van der Waals surface area (Å²) in [5.74, 6) is -1.00. The number of ether oxygens (including phenoxy) is 1. The molecule has 1 heterocycles. The van der Waals surface area contributed by atoms with E-state index in [0.29, 0.717) is 17.7 Å². The predicted molar refractivity (Wildman–Crippen MR) is 109 cm³/mol. The standard InChI is InChI=1S/C23H21NO5/c1-15-12-21(26)29-16(2)22(15)23(27)28-14-20(25)24-19-11-7-6-10-18(19)13-17-8-4-3-5-9-17/h3-12H,13-14H2,1-2H3,(H,24,25). The van der Waals surface area contributed by atoms with Crippen molar-refractivity contribution in [3.8, 4) is 0 Å². The number of amides is 1. The van der Waals surface area contributed by atoms with E-state index in [0.717, 1.165) is 11.1 Å².